The number of benzene rings is 2. The van der Waals surface area contributed by atoms with Crippen LogP contribution in [0.25, 0.3) is 0 Å². The van der Waals surface area contributed by atoms with Gasteiger partial charge in [-0.3, -0.25) is 4.79 Å². The van der Waals surface area contributed by atoms with Gasteiger partial charge in [-0.15, -0.1) is 0 Å². The van der Waals surface area contributed by atoms with Gasteiger partial charge in [0.15, 0.2) is 0 Å². The highest BCUT2D eigenvalue weighted by molar-refractivity contribution is 14.1. The van der Waals surface area contributed by atoms with Crippen molar-refractivity contribution in [2.45, 2.75) is 13.8 Å². The van der Waals surface area contributed by atoms with E-state index in [0.717, 1.165) is 33.1 Å². The first kappa shape index (κ1) is 16.5. The molecule has 0 aromatic heterocycles. The van der Waals surface area contributed by atoms with Crippen LogP contribution in [0.1, 0.15) is 21.5 Å². The van der Waals surface area contributed by atoms with Gasteiger partial charge in [0.2, 0.25) is 0 Å². The summed E-state index contributed by atoms with van der Waals surface area (Å²) in [7, 11) is 0. The molecule has 104 valence electrons. The second kappa shape index (κ2) is 6.91. The van der Waals surface area contributed by atoms with Gasteiger partial charge in [0, 0.05) is 16.4 Å². The Balaban J connectivity index is 2.35. The number of hydrogen-bond acceptors (Lipinski definition) is 1. The van der Waals surface area contributed by atoms with Crippen LogP contribution in [0.5, 0.6) is 0 Å². The molecule has 0 atom stereocenters. The monoisotopic (exact) mass is 603 g/mol. The molecule has 20 heavy (non-hydrogen) atoms. The summed E-state index contributed by atoms with van der Waals surface area (Å²) in [5, 5.41) is 3.01. The largest absolute Gasteiger partial charge is 0.322 e. The normalized spacial score (nSPS) is 10.4. The molecule has 2 aromatic carbocycles. The molecule has 2 aromatic rings. The predicted molar refractivity (Wildman–Crippen MR) is 108 cm³/mol. The molecule has 0 radical (unpaired) electrons. The van der Waals surface area contributed by atoms with Crippen molar-refractivity contribution in [3.05, 3.63) is 57.7 Å². The van der Waals surface area contributed by atoms with Gasteiger partial charge in [-0.05, 0) is 111 Å². The standard InChI is InChI=1S/C15H12I3NO/c1-8-3-4-9(2)13(5-8)19-15(20)11-6-10(16)7-12(17)14(11)18/h3-7H,1-2H3,(H,19,20). The average Bonchev–Trinajstić information content (AvgIpc) is 2.38. The van der Waals surface area contributed by atoms with E-state index >= 15 is 0 Å². The number of anilines is 1. The van der Waals surface area contributed by atoms with E-state index in [1.54, 1.807) is 0 Å². The van der Waals surface area contributed by atoms with Crippen LogP contribution in [0.3, 0.4) is 0 Å². The zero-order valence-electron chi connectivity index (χ0n) is 10.9. The summed E-state index contributed by atoms with van der Waals surface area (Å²) in [6, 6.07) is 10.1. The van der Waals surface area contributed by atoms with Crippen LogP contribution in [-0.2, 0) is 0 Å². The molecule has 0 bridgehead atoms. The van der Waals surface area contributed by atoms with E-state index in [-0.39, 0.29) is 5.91 Å². The molecule has 0 saturated carbocycles. The number of carbonyl (C=O) groups is 1. The molecule has 1 amide bonds. The number of rotatable bonds is 2. The van der Waals surface area contributed by atoms with Gasteiger partial charge < -0.3 is 5.32 Å². The zero-order valence-corrected chi connectivity index (χ0v) is 17.4. The van der Waals surface area contributed by atoms with Crippen LogP contribution in [0.2, 0.25) is 0 Å². The fourth-order valence-corrected chi connectivity index (χ4v) is 4.18. The summed E-state index contributed by atoms with van der Waals surface area (Å²) < 4.78 is 3.16. The van der Waals surface area contributed by atoms with Crippen LogP contribution in [-0.4, -0.2) is 5.91 Å². The van der Waals surface area contributed by atoms with Gasteiger partial charge in [-0.25, -0.2) is 0 Å². The molecular weight excluding hydrogens is 591 g/mol. The molecule has 0 fully saturated rings. The first-order valence-electron chi connectivity index (χ1n) is 5.91. The Morgan fingerprint density at radius 3 is 2.45 bits per heavy atom. The Labute approximate surface area is 159 Å². The highest BCUT2D eigenvalue weighted by Crippen LogP contribution is 2.24. The second-order valence-electron chi connectivity index (χ2n) is 4.52. The lowest BCUT2D eigenvalue weighted by atomic mass is 10.1. The second-order valence-corrected chi connectivity index (χ2v) is 8.01. The minimum absolute atomic E-state index is 0.0560. The van der Waals surface area contributed by atoms with Crippen LogP contribution >= 0.6 is 67.8 Å². The molecule has 0 aliphatic rings. The maximum absolute atomic E-state index is 12.5. The summed E-state index contributed by atoms with van der Waals surface area (Å²) >= 11 is 6.72. The molecule has 1 N–H and O–H groups in total. The molecule has 2 nitrogen and oxygen atoms in total. The fraction of sp³-hybridized carbons (Fsp3) is 0.133. The lowest BCUT2D eigenvalue weighted by molar-refractivity contribution is 0.102. The van der Waals surface area contributed by atoms with Crippen molar-refractivity contribution in [3.63, 3.8) is 0 Å². The Hall–Kier alpha value is 0.100. The van der Waals surface area contributed by atoms with E-state index in [9.17, 15) is 4.79 Å². The predicted octanol–water partition coefficient (Wildman–Crippen LogP) is 5.37. The number of carbonyl (C=O) groups excluding carboxylic acids is 1. The van der Waals surface area contributed by atoms with Crippen LogP contribution in [0.4, 0.5) is 5.69 Å². The van der Waals surface area contributed by atoms with Gasteiger partial charge in [-0.2, -0.15) is 0 Å². The van der Waals surface area contributed by atoms with Crippen LogP contribution in [0, 0.1) is 24.6 Å². The number of nitrogens with one attached hydrogen (secondary N) is 1. The molecule has 0 unspecified atom stereocenters. The Morgan fingerprint density at radius 1 is 1.05 bits per heavy atom. The van der Waals surface area contributed by atoms with Gasteiger partial charge in [-0.1, -0.05) is 12.1 Å². The Bertz CT molecular complexity index is 683. The van der Waals surface area contributed by atoms with Gasteiger partial charge in [0.25, 0.3) is 5.91 Å². The first-order valence-corrected chi connectivity index (χ1v) is 9.15. The minimum Gasteiger partial charge on any atom is -0.322 e. The third-order valence-electron chi connectivity index (χ3n) is 2.88. The molecule has 0 aliphatic heterocycles. The van der Waals surface area contributed by atoms with E-state index in [2.05, 4.69) is 79.2 Å². The lowest BCUT2D eigenvalue weighted by Crippen LogP contribution is -2.15. The molecule has 2 rings (SSSR count). The SMILES string of the molecule is Cc1ccc(C)c(NC(=O)c2cc(I)cc(I)c2I)c1. The van der Waals surface area contributed by atoms with E-state index in [4.69, 9.17) is 0 Å². The third kappa shape index (κ3) is 3.85. The smallest absolute Gasteiger partial charge is 0.256 e. The third-order valence-corrected chi connectivity index (χ3v) is 6.55. The highest BCUT2D eigenvalue weighted by atomic mass is 127. The summed E-state index contributed by atoms with van der Waals surface area (Å²) in [6.45, 7) is 4.02. The van der Waals surface area contributed by atoms with E-state index in [1.807, 2.05) is 38.1 Å². The Morgan fingerprint density at radius 2 is 1.75 bits per heavy atom. The van der Waals surface area contributed by atoms with Crippen molar-refractivity contribution in [3.8, 4) is 0 Å². The topological polar surface area (TPSA) is 29.1 Å². The maximum Gasteiger partial charge on any atom is 0.256 e. The van der Waals surface area contributed by atoms with Gasteiger partial charge in [0.05, 0.1) is 5.56 Å². The number of amides is 1. The molecule has 5 heteroatoms. The quantitative estimate of drug-likeness (QED) is 0.364. The number of halogens is 3. The number of aryl methyl sites for hydroxylation is 2. The molecule has 0 saturated heterocycles. The molecule has 0 spiro atoms. The molecular formula is C15H12I3NO. The summed E-state index contributed by atoms with van der Waals surface area (Å²) in [6.07, 6.45) is 0. The van der Waals surface area contributed by atoms with Crippen molar-refractivity contribution in [2.75, 3.05) is 5.32 Å². The highest BCUT2D eigenvalue weighted by Gasteiger charge is 2.14. The summed E-state index contributed by atoms with van der Waals surface area (Å²) in [5.74, 6) is -0.0560. The Kier molecular flexibility index (Phi) is 5.69. The zero-order chi connectivity index (χ0) is 14.9. The fourth-order valence-electron chi connectivity index (χ4n) is 1.78. The average molecular weight is 603 g/mol. The van der Waals surface area contributed by atoms with Gasteiger partial charge >= 0.3 is 0 Å². The summed E-state index contributed by atoms with van der Waals surface area (Å²) in [4.78, 5) is 12.5. The van der Waals surface area contributed by atoms with Crippen molar-refractivity contribution >= 4 is 79.4 Å². The van der Waals surface area contributed by atoms with Crippen molar-refractivity contribution in [2.24, 2.45) is 0 Å². The lowest BCUT2D eigenvalue weighted by Gasteiger charge is -2.11. The first-order chi connectivity index (χ1) is 9.38. The van der Waals surface area contributed by atoms with E-state index in [1.165, 1.54) is 0 Å². The van der Waals surface area contributed by atoms with Gasteiger partial charge in [0.1, 0.15) is 0 Å². The molecule has 0 aliphatic carbocycles. The van der Waals surface area contributed by atoms with Crippen molar-refractivity contribution < 1.29 is 4.79 Å². The summed E-state index contributed by atoms with van der Waals surface area (Å²) in [5.41, 5.74) is 3.81. The van der Waals surface area contributed by atoms with E-state index in [0.29, 0.717) is 0 Å². The van der Waals surface area contributed by atoms with Crippen molar-refractivity contribution in [1.29, 1.82) is 0 Å². The minimum atomic E-state index is -0.0560. The maximum atomic E-state index is 12.5. The number of hydrogen-bond donors (Lipinski definition) is 1. The van der Waals surface area contributed by atoms with E-state index < -0.39 is 0 Å². The van der Waals surface area contributed by atoms with Crippen LogP contribution < -0.4 is 5.32 Å². The molecule has 0 heterocycles. The van der Waals surface area contributed by atoms with Crippen LogP contribution in [0.15, 0.2) is 30.3 Å². The van der Waals surface area contributed by atoms with Crippen molar-refractivity contribution in [1.82, 2.24) is 0 Å².